The van der Waals surface area contributed by atoms with Gasteiger partial charge in [0, 0.05) is 12.8 Å². The van der Waals surface area contributed by atoms with E-state index in [1.807, 2.05) is 0 Å². The van der Waals surface area contributed by atoms with E-state index in [0.29, 0.717) is 0 Å². The summed E-state index contributed by atoms with van der Waals surface area (Å²) in [7, 11) is 0. The number of benzene rings is 1. The first-order valence-electron chi connectivity index (χ1n) is 5.98. The summed E-state index contributed by atoms with van der Waals surface area (Å²) in [6.45, 7) is 1.76. The van der Waals surface area contributed by atoms with Crippen LogP contribution in [0.15, 0.2) is 23.3 Å². The van der Waals surface area contributed by atoms with Gasteiger partial charge in [-0.2, -0.15) is 5.10 Å². The highest BCUT2D eigenvalue weighted by molar-refractivity contribution is 6.43. The molecule has 0 atom stereocenters. The van der Waals surface area contributed by atoms with Crippen LogP contribution in [-0.2, 0) is 9.59 Å². The Kier molecular flexibility index (Phi) is 3.79. The topological polar surface area (TPSA) is 108 Å². The molecular weight excluding hydrogens is 262 g/mol. The van der Waals surface area contributed by atoms with Crippen LogP contribution in [-0.4, -0.2) is 28.6 Å². The van der Waals surface area contributed by atoms with E-state index in [4.69, 9.17) is 5.11 Å². The third-order valence-electron chi connectivity index (χ3n) is 2.82. The summed E-state index contributed by atoms with van der Waals surface area (Å²) in [5.41, 5.74) is 3.38. The van der Waals surface area contributed by atoms with Crippen molar-refractivity contribution < 1.29 is 19.5 Å². The van der Waals surface area contributed by atoms with Crippen LogP contribution in [0.5, 0.6) is 0 Å². The average Bonchev–Trinajstić information content (AvgIpc) is 2.41. The second-order valence-corrected chi connectivity index (χ2v) is 4.40. The van der Waals surface area contributed by atoms with Crippen molar-refractivity contribution in [3.8, 4) is 0 Å². The van der Waals surface area contributed by atoms with Crippen LogP contribution in [0.1, 0.15) is 28.8 Å². The molecule has 104 valence electrons. The lowest BCUT2D eigenvalue weighted by Crippen LogP contribution is -2.33. The molecule has 0 radical (unpaired) electrons. The van der Waals surface area contributed by atoms with Crippen molar-refractivity contribution in [3.05, 3.63) is 29.3 Å². The van der Waals surface area contributed by atoms with Gasteiger partial charge in [0.2, 0.25) is 5.91 Å². The smallest absolute Gasteiger partial charge is 0.337 e. The molecule has 2 amide bonds. The molecule has 1 aliphatic heterocycles. The Morgan fingerprint density at radius 1 is 1.35 bits per heavy atom. The van der Waals surface area contributed by atoms with Gasteiger partial charge in [-0.05, 0) is 19.1 Å². The summed E-state index contributed by atoms with van der Waals surface area (Å²) in [5, 5.41) is 15.3. The van der Waals surface area contributed by atoms with Gasteiger partial charge >= 0.3 is 5.97 Å². The fraction of sp³-hybridized carbons (Fsp3) is 0.231. The predicted octanol–water partition coefficient (Wildman–Crippen LogP) is 0.898. The highest BCUT2D eigenvalue weighted by atomic mass is 16.4. The van der Waals surface area contributed by atoms with E-state index in [-0.39, 0.29) is 35.7 Å². The van der Waals surface area contributed by atoms with E-state index in [1.54, 1.807) is 13.0 Å². The highest BCUT2D eigenvalue weighted by Crippen LogP contribution is 2.18. The second-order valence-electron chi connectivity index (χ2n) is 4.40. The number of rotatable bonds is 3. The fourth-order valence-corrected chi connectivity index (χ4v) is 1.78. The van der Waals surface area contributed by atoms with Crippen molar-refractivity contribution in [1.82, 2.24) is 5.43 Å². The predicted molar refractivity (Wildman–Crippen MR) is 71.6 cm³/mol. The summed E-state index contributed by atoms with van der Waals surface area (Å²) in [6, 6.07) is 4.70. The molecule has 0 aliphatic carbocycles. The summed E-state index contributed by atoms with van der Waals surface area (Å²) < 4.78 is 0. The van der Waals surface area contributed by atoms with Crippen LogP contribution in [0.2, 0.25) is 0 Å². The zero-order valence-corrected chi connectivity index (χ0v) is 10.8. The van der Waals surface area contributed by atoms with E-state index in [0.717, 1.165) is 5.56 Å². The zero-order valence-electron chi connectivity index (χ0n) is 10.8. The van der Waals surface area contributed by atoms with E-state index in [9.17, 15) is 14.4 Å². The first kappa shape index (κ1) is 13.7. The van der Waals surface area contributed by atoms with Gasteiger partial charge < -0.3 is 10.4 Å². The van der Waals surface area contributed by atoms with Crippen molar-refractivity contribution in [2.75, 3.05) is 5.32 Å². The number of hydrazone groups is 1. The van der Waals surface area contributed by atoms with Gasteiger partial charge in [0.05, 0.1) is 11.3 Å². The van der Waals surface area contributed by atoms with E-state index < -0.39 is 11.9 Å². The molecule has 1 heterocycles. The minimum Gasteiger partial charge on any atom is -0.478 e. The monoisotopic (exact) mass is 275 g/mol. The number of amides is 2. The standard InChI is InChI=1S/C13H13N3O4/c1-7-2-3-9(8(6-7)13(19)20)14-12(18)10-4-5-11(17)16-15-10/h2-3,6H,4-5H2,1H3,(H,14,18)(H,16,17)(H,19,20). The van der Waals surface area contributed by atoms with Crippen LogP contribution in [0.4, 0.5) is 5.69 Å². The van der Waals surface area contributed by atoms with E-state index in [1.165, 1.54) is 12.1 Å². The molecule has 0 spiro atoms. The number of anilines is 1. The van der Waals surface area contributed by atoms with Crippen molar-refractivity contribution in [1.29, 1.82) is 0 Å². The molecule has 0 unspecified atom stereocenters. The zero-order chi connectivity index (χ0) is 14.7. The number of carboxylic acid groups (broad SMARTS) is 1. The Labute approximate surface area is 114 Å². The molecule has 7 heteroatoms. The Bertz CT molecular complexity index is 622. The van der Waals surface area contributed by atoms with Crippen LogP contribution >= 0.6 is 0 Å². The Morgan fingerprint density at radius 3 is 2.70 bits per heavy atom. The molecule has 0 saturated heterocycles. The van der Waals surface area contributed by atoms with Gasteiger partial charge in [-0.1, -0.05) is 11.6 Å². The molecule has 0 aromatic heterocycles. The van der Waals surface area contributed by atoms with Gasteiger partial charge in [-0.25, -0.2) is 10.2 Å². The van der Waals surface area contributed by atoms with Crippen LogP contribution in [0, 0.1) is 6.92 Å². The molecule has 7 nitrogen and oxygen atoms in total. The van der Waals surface area contributed by atoms with Crippen molar-refractivity contribution in [2.24, 2.45) is 5.10 Å². The summed E-state index contributed by atoms with van der Waals surface area (Å²) in [6.07, 6.45) is 0.415. The van der Waals surface area contributed by atoms with Crippen LogP contribution in [0.3, 0.4) is 0 Å². The maximum atomic E-state index is 11.9. The van der Waals surface area contributed by atoms with E-state index >= 15 is 0 Å². The number of carbonyl (C=O) groups is 3. The molecule has 3 N–H and O–H groups in total. The average molecular weight is 275 g/mol. The van der Waals surface area contributed by atoms with Crippen molar-refractivity contribution >= 4 is 29.2 Å². The Hall–Kier alpha value is -2.70. The second kappa shape index (κ2) is 5.52. The van der Waals surface area contributed by atoms with Crippen molar-refractivity contribution in [3.63, 3.8) is 0 Å². The molecule has 2 rings (SSSR count). The lowest BCUT2D eigenvalue weighted by molar-refractivity contribution is -0.121. The molecule has 0 fully saturated rings. The van der Waals surface area contributed by atoms with Gasteiger partial charge in [0.1, 0.15) is 5.71 Å². The first-order chi connectivity index (χ1) is 9.47. The van der Waals surface area contributed by atoms with Gasteiger partial charge in [0.15, 0.2) is 0 Å². The van der Waals surface area contributed by atoms with E-state index in [2.05, 4.69) is 15.8 Å². The minimum atomic E-state index is -1.12. The molecule has 1 aromatic rings. The largest absolute Gasteiger partial charge is 0.478 e. The number of carbonyl (C=O) groups excluding carboxylic acids is 2. The number of nitrogens with zero attached hydrogens (tertiary/aromatic N) is 1. The fourth-order valence-electron chi connectivity index (χ4n) is 1.78. The van der Waals surface area contributed by atoms with Gasteiger partial charge in [0.25, 0.3) is 5.91 Å². The molecule has 1 aromatic carbocycles. The molecule has 1 aliphatic rings. The third kappa shape index (κ3) is 3.00. The molecule has 20 heavy (non-hydrogen) atoms. The summed E-state index contributed by atoms with van der Waals surface area (Å²) in [5.74, 6) is -1.89. The normalized spacial score (nSPS) is 14.2. The van der Waals surface area contributed by atoms with Gasteiger partial charge in [-0.15, -0.1) is 0 Å². The number of hydrogen-bond acceptors (Lipinski definition) is 4. The lowest BCUT2D eigenvalue weighted by Gasteiger charge is -2.13. The Morgan fingerprint density at radius 2 is 2.10 bits per heavy atom. The summed E-state index contributed by atoms with van der Waals surface area (Å²) >= 11 is 0. The number of aryl methyl sites for hydroxylation is 1. The molecular formula is C13H13N3O4. The molecule has 0 bridgehead atoms. The third-order valence-corrected chi connectivity index (χ3v) is 2.82. The molecule has 0 saturated carbocycles. The first-order valence-corrected chi connectivity index (χ1v) is 5.98. The highest BCUT2D eigenvalue weighted by Gasteiger charge is 2.20. The van der Waals surface area contributed by atoms with Gasteiger partial charge in [-0.3, -0.25) is 9.59 Å². The quantitative estimate of drug-likeness (QED) is 0.761. The minimum absolute atomic E-state index is 0.0128. The number of hydrogen-bond donors (Lipinski definition) is 3. The Balaban J connectivity index is 2.20. The van der Waals surface area contributed by atoms with Crippen molar-refractivity contribution in [2.45, 2.75) is 19.8 Å². The SMILES string of the molecule is Cc1ccc(NC(=O)C2=NNC(=O)CC2)c(C(=O)O)c1. The lowest BCUT2D eigenvalue weighted by atomic mass is 10.1. The maximum absolute atomic E-state index is 11.9. The number of nitrogens with one attached hydrogen (secondary N) is 2. The number of carboxylic acids is 1. The number of aromatic carboxylic acids is 1. The summed E-state index contributed by atoms with van der Waals surface area (Å²) in [4.78, 5) is 34.0. The van der Waals surface area contributed by atoms with Crippen LogP contribution in [0.25, 0.3) is 0 Å². The van der Waals surface area contributed by atoms with Crippen LogP contribution < -0.4 is 10.7 Å². The maximum Gasteiger partial charge on any atom is 0.337 e.